The van der Waals surface area contributed by atoms with E-state index < -0.39 is 6.04 Å². The molecule has 0 radical (unpaired) electrons. The number of unbranched alkanes of at least 4 members (excludes halogenated alkanes) is 1. The number of carbonyl (C=O) groups excluding carboxylic acids is 1. The highest BCUT2D eigenvalue weighted by Gasteiger charge is 2.23. The van der Waals surface area contributed by atoms with Crippen molar-refractivity contribution < 1.29 is 35.1 Å². The average molecular weight is 1870 g/mol. The van der Waals surface area contributed by atoms with Crippen LogP contribution in [0.25, 0.3) is 82.1 Å². The maximum Gasteiger partial charge on any atom is 0.328 e. The SMILES string of the molecule is CCCCNc1nc(N)nc2cccnc12.CCC[C@@H](CO)Nc1nc(N)nc2cc(Br)cnc12.CCC[C@@H](CO)Nc1nc(N)nc2cc(Cl)cnc12.CCC[C@H](Nc1nc(N)nc2cccnc12)C(=O)OC.CSCC[C@@H](CO)Nc1nc(N)nc2cccnc12.Nc1nc(NCCCO)c2ncccc2n1.[C-]#[N+]c1cnc2c(N[C@H](CO)CCC)nc(N)nc2c1. The van der Waals surface area contributed by atoms with Gasteiger partial charge in [0.25, 0.3) is 0 Å². The molecule has 26 N–H and O–H groups in total. The fraction of sp³-hybridized carbons (Fsp3) is 0.386. The zero-order chi connectivity index (χ0) is 93.2. The van der Waals surface area contributed by atoms with Crippen LogP contribution in [-0.4, -0.2) is 232 Å². The predicted molar refractivity (Wildman–Crippen MR) is 515 cm³/mol. The van der Waals surface area contributed by atoms with Crippen LogP contribution >= 0.6 is 39.3 Å². The van der Waals surface area contributed by atoms with E-state index in [4.69, 9.17) is 68.2 Å². The van der Waals surface area contributed by atoms with E-state index in [0.717, 1.165) is 97.8 Å². The Bertz CT molecular complexity index is 5750. The number of aliphatic hydroxyl groups excluding tert-OH is 5. The number of fused-ring (bicyclic) bond motifs is 7. The molecule has 0 saturated carbocycles. The van der Waals surface area contributed by atoms with Crippen molar-refractivity contribution in [2.75, 3.05) is 143 Å². The van der Waals surface area contributed by atoms with Crippen LogP contribution in [0.5, 0.6) is 0 Å². The first-order valence-electron chi connectivity index (χ1n) is 41.4. The van der Waals surface area contributed by atoms with Gasteiger partial charge in [0.05, 0.1) is 108 Å². The first kappa shape index (κ1) is 101. The van der Waals surface area contributed by atoms with Gasteiger partial charge in [-0.1, -0.05) is 78.3 Å². The number of aliphatic hydroxyl groups is 5. The molecule has 5 atom stereocenters. The predicted octanol–water partition coefficient (Wildman–Crippen LogP) is 10.2. The van der Waals surface area contributed by atoms with Gasteiger partial charge < -0.3 is 108 Å². The number of ether oxygens (including phenoxy) is 1. The number of thioether (sulfide) groups is 1. The van der Waals surface area contributed by atoms with Crippen LogP contribution in [0.1, 0.15) is 112 Å². The van der Waals surface area contributed by atoms with Crippen molar-refractivity contribution in [1.29, 1.82) is 0 Å². The van der Waals surface area contributed by atoms with Crippen LogP contribution in [0.3, 0.4) is 0 Å². The number of aromatic nitrogens is 21. The summed E-state index contributed by atoms with van der Waals surface area (Å²) in [5.74, 6) is 5.79. The minimum absolute atomic E-state index is 0.000617. The van der Waals surface area contributed by atoms with Gasteiger partial charge in [0, 0.05) is 67.5 Å². The van der Waals surface area contributed by atoms with Crippen LogP contribution in [0, 0.1) is 6.57 Å². The van der Waals surface area contributed by atoms with Crippen LogP contribution in [0.15, 0.2) is 115 Å². The van der Waals surface area contributed by atoms with Crippen molar-refractivity contribution >= 4 is 211 Å². The van der Waals surface area contributed by atoms with Crippen LogP contribution in [0.4, 0.5) is 88.1 Å². The van der Waals surface area contributed by atoms with Crippen molar-refractivity contribution in [2.45, 2.75) is 142 Å². The topological polar surface area (TPSA) is 669 Å². The summed E-state index contributed by atoms with van der Waals surface area (Å²) in [5.41, 5.74) is 49.1. The number of methoxy groups -OCH3 is 1. The number of pyridine rings is 7. The second-order valence-corrected chi connectivity index (χ2v) is 30.6. The Morgan fingerprint density at radius 1 is 0.426 bits per heavy atom. The fourth-order valence-electron chi connectivity index (χ4n) is 12.2. The Morgan fingerprint density at radius 2 is 0.752 bits per heavy atom. The molecular weight excluding hydrogens is 1760 g/mol. The lowest BCUT2D eigenvalue weighted by atomic mass is 10.1. The molecule has 0 aromatic carbocycles. The molecule has 0 spiro atoms. The van der Waals surface area contributed by atoms with E-state index in [1.807, 2.05) is 50.4 Å². The Balaban J connectivity index is 0.000000186. The minimum atomic E-state index is -0.482. The van der Waals surface area contributed by atoms with Gasteiger partial charge in [0.15, 0.2) is 40.7 Å². The summed E-state index contributed by atoms with van der Waals surface area (Å²) in [6, 6.07) is 18.9. The molecule has 43 nitrogen and oxygen atoms in total. The van der Waals surface area contributed by atoms with E-state index in [-0.39, 0.29) is 105 Å². The fourth-order valence-corrected chi connectivity index (χ4v) is 13.2. The van der Waals surface area contributed by atoms with Crippen molar-refractivity contribution in [3.8, 4) is 0 Å². The summed E-state index contributed by atoms with van der Waals surface area (Å²) < 4.78 is 5.61. The molecule has 0 unspecified atom stereocenters. The van der Waals surface area contributed by atoms with Crippen LogP contribution in [-0.2, 0) is 9.53 Å². The number of nitrogens with two attached hydrogens (primary N) is 7. The summed E-state index contributed by atoms with van der Waals surface area (Å²) in [7, 11) is 1.36. The smallest absolute Gasteiger partial charge is 0.328 e. The Labute approximate surface area is 761 Å². The summed E-state index contributed by atoms with van der Waals surface area (Å²) in [4.78, 5) is 102. The molecule has 0 amide bonds. The molecule has 14 rings (SSSR count). The maximum atomic E-state index is 11.7. The number of hydrogen-bond acceptors (Lipinski definition) is 43. The molecule has 0 aliphatic carbocycles. The average Bonchev–Trinajstić information content (AvgIpc) is 0.798. The summed E-state index contributed by atoms with van der Waals surface area (Å²) in [6.45, 7) is 19.0. The van der Waals surface area contributed by atoms with E-state index in [1.165, 1.54) is 19.5 Å². The van der Waals surface area contributed by atoms with Gasteiger partial charge in [-0.25, -0.2) is 54.5 Å². The number of nitrogens with zero attached hydrogens (tertiary/aromatic N) is 22. The lowest BCUT2D eigenvalue weighted by Crippen LogP contribution is -2.31. The molecular formula is C83H110BrClN36O7S. The number of carbonyl (C=O) groups is 1. The van der Waals surface area contributed by atoms with E-state index in [0.29, 0.717) is 131 Å². The number of nitrogen functional groups attached to an aromatic ring is 7. The van der Waals surface area contributed by atoms with Crippen molar-refractivity contribution in [1.82, 2.24) is 105 Å². The van der Waals surface area contributed by atoms with Gasteiger partial charge in [0.2, 0.25) is 47.3 Å². The summed E-state index contributed by atoms with van der Waals surface area (Å²) >= 11 is 11.0. The Kier molecular flexibility index (Phi) is 41.6. The highest BCUT2D eigenvalue weighted by atomic mass is 79.9. The van der Waals surface area contributed by atoms with Gasteiger partial charge in [0.1, 0.15) is 44.7 Å². The van der Waals surface area contributed by atoms with Crippen LogP contribution < -0.4 is 77.4 Å². The van der Waals surface area contributed by atoms with E-state index in [1.54, 1.807) is 79.1 Å². The third-order valence-corrected chi connectivity index (χ3v) is 19.5. The molecule has 0 saturated heterocycles. The summed E-state index contributed by atoms with van der Waals surface area (Å²) in [5, 5.41) is 68.6. The van der Waals surface area contributed by atoms with Gasteiger partial charge in [-0.3, -0.25) is 24.9 Å². The highest BCUT2D eigenvalue weighted by molar-refractivity contribution is 9.10. The van der Waals surface area contributed by atoms with Crippen LogP contribution in [0.2, 0.25) is 5.02 Å². The number of halogens is 2. The molecule has 0 fully saturated rings. The number of esters is 1. The molecule has 14 aromatic heterocycles. The zero-order valence-corrected chi connectivity index (χ0v) is 75.7. The van der Waals surface area contributed by atoms with Gasteiger partial charge >= 0.3 is 5.97 Å². The Hall–Kier alpha value is -13.5. The Morgan fingerprint density at radius 3 is 1.11 bits per heavy atom. The molecule has 0 aliphatic rings. The monoisotopic (exact) mass is 1870 g/mol. The van der Waals surface area contributed by atoms with E-state index in [9.17, 15) is 25.2 Å². The van der Waals surface area contributed by atoms with Gasteiger partial charge in [-0.15, -0.1) is 0 Å². The first-order valence-corrected chi connectivity index (χ1v) is 44.0. The molecule has 129 heavy (non-hydrogen) atoms. The van der Waals surface area contributed by atoms with E-state index in [2.05, 4.69) is 183 Å². The van der Waals surface area contributed by atoms with E-state index >= 15 is 0 Å². The second kappa shape index (κ2) is 53.2. The van der Waals surface area contributed by atoms with Crippen molar-refractivity contribution in [3.63, 3.8) is 0 Å². The molecule has 14 aromatic rings. The lowest BCUT2D eigenvalue weighted by molar-refractivity contribution is -0.141. The molecule has 0 aliphatic heterocycles. The molecule has 684 valence electrons. The van der Waals surface area contributed by atoms with Crippen molar-refractivity contribution in [3.05, 3.63) is 131 Å². The normalized spacial score (nSPS) is 11.9. The highest BCUT2D eigenvalue weighted by Crippen LogP contribution is 2.29. The zero-order valence-electron chi connectivity index (χ0n) is 72.5. The number of hydrogen-bond donors (Lipinski definition) is 19. The molecule has 0 bridgehead atoms. The second-order valence-electron chi connectivity index (χ2n) is 28.2. The number of nitrogens with one attached hydrogen (secondary N) is 7. The lowest BCUT2D eigenvalue weighted by Gasteiger charge is -2.17. The quantitative estimate of drug-likeness (QED) is 0.0101. The minimum Gasteiger partial charge on any atom is -0.467 e. The maximum absolute atomic E-state index is 11.7. The van der Waals surface area contributed by atoms with Gasteiger partial charge in [-0.2, -0.15) is 46.6 Å². The standard InChI is InChI=1S/C13H16N6O.C13H17N5O2.C12H16BrN5O.C12H16ClN5O.C12H17N5OS.C11H15N5.C10H13N5O/c1-3-4-8(7-20)17-12-11-10(18-13(14)19-12)5-9(15-2)6-16-11;1-3-5-9(12(19)20-2)16-11-10-8(6-4-7-15-10)17-13(14)18-11;2*1-2-3-8(6-19)16-11-10-9(17-12(14)18-11)4-7(13)5-15-10;1-19-6-4-8(7-18)15-11-10-9(3-2-5-14-10)16-12(13)17-11;1-2-3-6-14-10-9-8(5-4-7-13-9)15-11(12)16-10;11-10-14-7-3-1-4-12-8(7)9(15-10)13-5-2-6-16/h5-6,8,20H,3-4,7H2,1H3,(H3,14,17,18,19);4,6-7,9H,3,5H2,1-2H3,(H3,14,16,17,18);2*4-5,8,19H,2-3,6H2,1H3,(H3,14,16,17,18);2-3,5,8,18H,4,6-7H2,1H3,(H3,13,15,16,17);4-5,7H,2-3,6H2,1H3,(H3,12,14,15,16);1,3-4,16H,2,5-6H2,(H3,11,13,14,15)/t8-;9-;3*8-;;/m00000../s1. The number of rotatable bonds is 34. The third kappa shape index (κ3) is 31.2. The molecule has 46 heteroatoms. The first-order chi connectivity index (χ1) is 62.5. The number of anilines is 14. The van der Waals surface area contributed by atoms with Gasteiger partial charge in [-0.05, 0) is 140 Å². The largest absolute Gasteiger partial charge is 0.467 e. The third-order valence-electron chi connectivity index (χ3n) is 18.2. The van der Waals surface area contributed by atoms with Crippen molar-refractivity contribution in [2.24, 2.45) is 0 Å². The molecule has 14 heterocycles. The summed E-state index contributed by atoms with van der Waals surface area (Å²) in [6.07, 6.45) is 24.0.